The Morgan fingerprint density at radius 1 is 1.70 bits per heavy atom. The standard InChI is InChI=1S/C6H8O3S/c1-3-5-9-10(7,8)6-4-2/h1,4,6H,5H2,2H3/b6-4+. The van der Waals surface area contributed by atoms with Gasteiger partial charge in [-0.2, -0.15) is 8.42 Å². The van der Waals surface area contributed by atoms with Gasteiger partial charge in [-0.15, -0.1) is 6.42 Å². The molecule has 0 aliphatic rings. The smallest absolute Gasteiger partial charge is 0.254 e. The van der Waals surface area contributed by atoms with E-state index in [1.54, 1.807) is 6.92 Å². The van der Waals surface area contributed by atoms with Crippen molar-refractivity contribution in [3.63, 3.8) is 0 Å². The Bertz CT molecular complexity index is 243. The predicted molar refractivity (Wildman–Crippen MR) is 38.5 cm³/mol. The summed E-state index contributed by atoms with van der Waals surface area (Å²) < 4.78 is 25.4. The van der Waals surface area contributed by atoms with Crippen LogP contribution in [0.3, 0.4) is 0 Å². The van der Waals surface area contributed by atoms with Crippen LogP contribution in [0.15, 0.2) is 11.5 Å². The van der Waals surface area contributed by atoms with Gasteiger partial charge in [-0.1, -0.05) is 12.0 Å². The Morgan fingerprint density at radius 2 is 2.30 bits per heavy atom. The summed E-state index contributed by atoms with van der Waals surface area (Å²) in [6.45, 7) is 1.36. The van der Waals surface area contributed by atoms with Gasteiger partial charge in [-0.25, -0.2) is 0 Å². The van der Waals surface area contributed by atoms with Crippen LogP contribution in [-0.2, 0) is 14.3 Å². The molecule has 0 spiro atoms. The van der Waals surface area contributed by atoms with Crippen molar-refractivity contribution in [3.05, 3.63) is 11.5 Å². The van der Waals surface area contributed by atoms with Crippen LogP contribution in [0.5, 0.6) is 0 Å². The summed E-state index contributed by atoms with van der Waals surface area (Å²) in [5.74, 6) is 2.05. The SMILES string of the molecule is C#CCOS(=O)(=O)/C=C/C. The summed E-state index contributed by atoms with van der Waals surface area (Å²) in [6.07, 6.45) is 6.14. The lowest BCUT2D eigenvalue weighted by molar-refractivity contribution is 0.370. The van der Waals surface area contributed by atoms with Crippen LogP contribution in [0.2, 0.25) is 0 Å². The molecule has 0 aromatic carbocycles. The first-order chi connectivity index (χ1) is 4.62. The lowest BCUT2D eigenvalue weighted by atomic mass is 10.8. The van der Waals surface area contributed by atoms with E-state index in [0.717, 1.165) is 5.41 Å². The second-order valence-electron chi connectivity index (χ2n) is 1.43. The monoisotopic (exact) mass is 160 g/mol. The number of hydrogen-bond acceptors (Lipinski definition) is 3. The van der Waals surface area contributed by atoms with Crippen molar-refractivity contribution >= 4 is 10.1 Å². The maximum atomic E-state index is 10.6. The van der Waals surface area contributed by atoms with E-state index in [1.165, 1.54) is 6.08 Å². The number of rotatable bonds is 3. The van der Waals surface area contributed by atoms with Gasteiger partial charge in [0.15, 0.2) is 0 Å². The van der Waals surface area contributed by atoms with Crippen LogP contribution >= 0.6 is 0 Å². The molecule has 0 aromatic rings. The van der Waals surface area contributed by atoms with Crippen LogP contribution in [0.4, 0.5) is 0 Å². The van der Waals surface area contributed by atoms with Crippen molar-refractivity contribution in [3.8, 4) is 12.3 Å². The van der Waals surface area contributed by atoms with E-state index in [1.807, 2.05) is 5.92 Å². The molecule has 10 heavy (non-hydrogen) atoms. The highest BCUT2D eigenvalue weighted by Crippen LogP contribution is 1.93. The molecular weight excluding hydrogens is 152 g/mol. The van der Waals surface area contributed by atoms with Gasteiger partial charge in [-0.3, -0.25) is 4.18 Å². The first-order valence-electron chi connectivity index (χ1n) is 2.58. The molecular formula is C6H8O3S. The molecule has 0 heterocycles. The van der Waals surface area contributed by atoms with Crippen molar-refractivity contribution < 1.29 is 12.6 Å². The highest BCUT2D eigenvalue weighted by atomic mass is 32.2. The summed E-state index contributed by atoms with van der Waals surface area (Å²) in [6, 6.07) is 0. The first-order valence-corrected chi connectivity index (χ1v) is 4.05. The molecule has 4 heteroatoms. The van der Waals surface area contributed by atoms with E-state index in [2.05, 4.69) is 4.18 Å². The van der Waals surface area contributed by atoms with E-state index in [0.29, 0.717) is 0 Å². The fraction of sp³-hybridized carbons (Fsp3) is 0.333. The topological polar surface area (TPSA) is 43.4 Å². The number of terminal acetylenes is 1. The molecule has 0 rings (SSSR count). The second-order valence-corrected chi connectivity index (χ2v) is 2.92. The van der Waals surface area contributed by atoms with Crippen molar-refractivity contribution in [2.24, 2.45) is 0 Å². The Hall–Kier alpha value is -0.790. The third-order valence-corrected chi connectivity index (χ3v) is 1.66. The van der Waals surface area contributed by atoms with Crippen molar-refractivity contribution in [2.45, 2.75) is 6.92 Å². The van der Waals surface area contributed by atoms with Gasteiger partial charge in [0.2, 0.25) is 0 Å². The van der Waals surface area contributed by atoms with Crippen molar-refractivity contribution in [1.82, 2.24) is 0 Å². The van der Waals surface area contributed by atoms with Crippen LogP contribution in [0, 0.1) is 12.3 Å². The molecule has 0 aliphatic heterocycles. The molecule has 0 radical (unpaired) electrons. The quantitative estimate of drug-likeness (QED) is 0.446. The third-order valence-electron chi connectivity index (χ3n) is 0.609. The highest BCUT2D eigenvalue weighted by Gasteiger charge is 2.01. The lowest BCUT2D eigenvalue weighted by Crippen LogP contribution is -2.01. The van der Waals surface area contributed by atoms with Crippen LogP contribution < -0.4 is 0 Å². The number of hydrogen-bond donors (Lipinski definition) is 0. The first kappa shape index (κ1) is 9.21. The molecule has 0 N–H and O–H groups in total. The summed E-state index contributed by atoms with van der Waals surface area (Å²) in [7, 11) is -3.52. The summed E-state index contributed by atoms with van der Waals surface area (Å²) in [5, 5.41) is 0.949. The van der Waals surface area contributed by atoms with Gasteiger partial charge < -0.3 is 0 Å². The zero-order chi connectivity index (χ0) is 8.04. The maximum Gasteiger partial charge on any atom is 0.290 e. The molecule has 0 saturated heterocycles. The minimum atomic E-state index is -3.52. The van der Waals surface area contributed by atoms with E-state index in [-0.39, 0.29) is 6.61 Å². The molecule has 0 amide bonds. The average molecular weight is 160 g/mol. The molecule has 3 nitrogen and oxygen atoms in total. The lowest BCUT2D eigenvalue weighted by Gasteiger charge is -1.93. The normalized spacial score (nSPS) is 11.6. The van der Waals surface area contributed by atoms with Crippen molar-refractivity contribution in [1.29, 1.82) is 0 Å². The van der Waals surface area contributed by atoms with Crippen LogP contribution in [-0.4, -0.2) is 15.0 Å². The zero-order valence-electron chi connectivity index (χ0n) is 5.57. The number of allylic oxidation sites excluding steroid dienone is 1. The van der Waals surface area contributed by atoms with Gasteiger partial charge in [0.25, 0.3) is 10.1 Å². The zero-order valence-corrected chi connectivity index (χ0v) is 6.39. The Kier molecular flexibility index (Phi) is 3.77. The van der Waals surface area contributed by atoms with Gasteiger partial charge in [-0.05, 0) is 6.92 Å². The highest BCUT2D eigenvalue weighted by molar-refractivity contribution is 7.89. The fourth-order valence-electron chi connectivity index (χ4n) is 0.322. The van der Waals surface area contributed by atoms with Gasteiger partial charge >= 0.3 is 0 Å². The van der Waals surface area contributed by atoms with Gasteiger partial charge in [0.05, 0.1) is 5.41 Å². The largest absolute Gasteiger partial charge is 0.290 e. The molecule has 0 unspecified atom stereocenters. The van der Waals surface area contributed by atoms with E-state index in [9.17, 15) is 8.42 Å². The Balaban J connectivity index is 4.05. The Morgan fingerprint density at radius 3 is 2.70 bits per heavy atom. The maximum absolute atomic E-state index is 10.6. The fourth-order valence-corrected chi connectivity index (χ4v) is 0.966. The van der Waals surface area contributed by atoms with Crippen LogP contribution in [0.1, 0.15) is 6.92 Å². The molecule has 0 aliphatic carbocycles. The summed E-state index contributed by atoms with van der Waals surface area (Å²) >= 11 is 0. The minimum Gasteiger partial charge on any atom is -0.254 e. The predicted octanol–water partition coefficient (Wildman–Crippen LogP) is 0.500. The minimum absolute atomic E-state index is 0.216. The molecule has 56 valence electrons. The third kappa shape index (κ3) is 4.13. The van der Waals surface area contributed by atoms with E-state index >= 15 is 0 Å². The second kappa shape index (κ2) is 4.09. The van der Waals surface area contributed by atoms with Gasteiger partial charge in [0, 0.05) is 0 Å². The van der Waals surface area contributed by atoms with E-state index < -0.39 is 10.1 Å². The van der Waals surface area contributed by atoms with E-state index in [4.69, 9.17) is 6.42 Å². The average Bonchev–Trinajstić information content (AvgIpc) is 1.84. The molecule has 0 fully saturated rings. The molecule has 0 saturated carbocycles. The van der Waals surface area contributed by atoms with Crippen LogP contribution in [0.25, 0.3) is 0 Å². The molecule has 0 bridgehead atoms. The van der Waals surface area contributed by atoms with Gasteiger partial charge in [0.1, 0.15) is 6.61 Å². The molecule has 0 aromatic heterocycles. The summed E-state index contributed by atoms with van der Waals surface area (Å²) in [5.41, 5.74) is 0. The molecule has 0 atom stereocenters. The summed E-state index contributed by atoms with van der Waals surface area (Å²) in [4.78, 5) is 0. The Labute approximate surface area is 60.8 Å². The van der Waals surface area contributed by atoms with Crippen molar-refractivity contribution in [2.75, 3.05) is 6.61 Å².